The van der Waals surface area contributed by atoms with Gasteiger partial charge in [-0.25, -0.2) is 27.2 Å². The minimum Gasteiger partial charge on any atom is -0.247 e. The molecule has 26 heavy (non-hydrogen) atoms. The summed E-state index contributed by atoms with van der Waals surface area (Å²) in [4.78, 5) is 4.20. The predicted molar refractivity (Wildman–Crippen MR) is 92.9 cm³/mol. The summed E-state index contributed by atoms with van der Waals surface area (Å²) in [7, 11) is 0. The van der Waals surface area contributed by atoms with Crippen LogP contribution in [0.3, 0.4) is 0 Å². The van der Waals surface area contributed by atoms with Gasteiger partial charge in [-0.1, -0.05) is 15.9 Å². The van der Waals surface area contributed by atoms with Gasteiger partial charge in [0, 0.05) is 28.1 Å². The third kappa shape index (κ3) is 4.30. The highest BCUT2D eigenvalue weighted by Gasteiger charge is 2.17. The Morgan fingerprint density at radius 1 is 1.08 bits per heavy atom. The fourth-order valence-electron chi connectivity index (χ4n) is 2.53. The van der Waals surface area contributed by atoms with E-state index in [0.717, 1.165) is 18.2 Å². The van der Waals surface area contributed by atoms with Crippen LogP contribution < -0.4 is 0 Å². The lowest BCUT2D eigenvalue weighted by Gasteiger charge is -2.08. The van der Waals surface area contributed by atoms with Crippen LogP contribution in [-0.2, 0) is 13.0 Å². The van der Waals surface area contributed by atoms with E-state index in [9.17, 15) is 17.6 Å². The molecule has 1 aromatic heterocycles. The average molecular weight is 428 g/mol. The number of hydrogen-bond donors (Lipinski definition) is 0. The van der Waals surface area contributed by atoms with Gasteiger partial charge < -0.3 is 0 Å². The quantitative estimate of drug-likeness (QED) is 0.532. The Morgan fingerprint density at radius 2 is 1.77 bits per heavy atom. The number of benzene rings is 2. The number of halogens is 5. The lowest BCUT2D eigenvalue weighted by atomic mass is 10.2. The van der Waals surface area contributed by atoms with E-state index >= 15 is 0 Å². The van der Waals surface area contributed by atoms with Crippen LogP contribution in [0.2, 0.25) is 0 Å². The summed E-state index contributed by atoms with van der Waals surface area (Å²) in [6.45, 7) is 1.37. The van der Waals surface area contributed by atoms with Gasteiger partial charge in [-0.2, -0.15) is 5.10 Å². The molecule has 0 spiro atoms. The topological polar surface area (TPSA) is 30.7 Å². The van der Waals surface area contributed by atoms with Crippen molar-refractivity contribution in [2.45, 2.75) is 26.1 Å². The maximum atomic E-state index is 14.0. The minimum atomic E-state index is -1.21. The molecular formula is C18H14BrF4N3. The first-order valence-corrected chi connectivity index (χ1v) is 8.59. The molecule has 136 valence electrons. The molecule has 3 aromatic rings. The van der Waals surface area contributed by atoms with Gasteiger partial charge in [-0.05, 0) is 37.3 Å². The van der Waals surface area contributed by atoms with Crippen LogP contribution in [0, 0.1) is 17.5 Å². The van der Waals surface area contributed by atoms with Crippen LogP contribution in [0.5, 0.6) is 0 Å². The molecule has 8 heteroatoms. The van der Waals surface area contributed by atoms with Crippen molar-refractivity contribution in [2.24, 2.45) is 0 Å². The van der Waals surface area contributed by atoms with Crippen LogP contribution in [0.4, 0.5) is 17.6 Å². The van der Waals surface area contributed by atoms with E-state index in [0.29, 0.717) is 10.0 Å². The number of hydrogen-bond acceptors (Lipinski definition) is 2. The standard InChI is InChI=1S/C18H14BrF4N3/c1-10(20)4-17-24-18(11-6-14(21)8-15(22)7-11)25-26(17)9-12-5-13(19)2-3-16(12)23/h2-3,5-8,10H,4,9H2,1H3. The van der Waals surface area contributed by atoms with Crippen molar-refractivity contribution >= 4 is 15.9 Å². The number of alkyl halides is 1. The van der Waals surface area contributed by atoms with Crippen molar-refractivity contribution in [3.8, 4) is 11.4 Å². The highest BCUT2D eigenvalue weighted by molar-refractivity contribution is 9.10. The molecule has 0 bridgehead atoms. The summed E-state index contributed by atoms with van der Waals surface area (Å²) in [5.74, 6) is -1.67. The maximum Gasteiger partial charge on any atom is 0.181 e. The van der Waals surface area contributed by atoms with E-state index in [1.54, 1.807) is 12.1 Å². The summed E-state index contributed by atoms with van der Waals surface area (Å²) in [5.41, 5.74) is 0.456. The van der Waals surface area contributed by atoms with Crippen LogP contribution in [0.25, 0.3) is 11.4 Å². The van der Waals surface area contributed by atoms with Gasteiger partial charge in [0.25, 0.3) is 0 Å². The van der Waals surface area contributed by atoms with Crippen molar-refractivity contribution in [1.82, 2.24) is 14.8 Å². The molecule has 0 aliphatic carbocycles. The van der Waals surface area contributed by atoms with Crippen molar-refractivity contribution in [1.29, 1.82) is 0 Å². The molecule has 3 rings (SSSR count). The lowest BCUT2D eigenvalue weighted by molar-refractivity contribution is 0.349. The summed E-state index contributed by atoms with van der Waals surface area (Å²) in [6, 6.07) is 7.36. The van der Waals surface area contributed by atoms with Gasteiger partial charge in [0.2, 0.25) is 0 Å². The Morgan fingerprint density at radius 3 is 2.42 bits per heavy atom. The first-order valence-electron chi connectivity index (χ1n) is 7.80. The van der Waals surface area contributed by atoms with Crippen LogP contribution in [0.15, 0.2) is 40.9 Å². The van der Waals surface area contributed by atoms with Gasteiger partial charge in [0.1, 0.15) is 29.4 Å². The van der Waals surface area contributed by atoms with E-state index in [-0.39, 0.29) is 30.2 Å². The average Bonchev–Trinajstić information content (AvgIpc) is 2.92. The zero-order valence-electron chi connectivity index (χ0n) is 13.7. The smallest absolute Gasteiger partial charge is 0.181 e. The Bertz CT molecular complexity index is 920. The molecule has 0 fully saturated rings. The Kier molecular flexibility index (Phi) is 5.41. The molecular weight excluding hydrogens is 414 g/mol. The highest BCUT2D eigenvalue weighted by Crippen LogP contribution is 2.22. The minimum absolute atomic E-state index is 0.0120. The van der Waals surface area contributed by atoms with Gasteiger partial charge in [0.15, 0.2) is 5.82 Å². The predicted octanol–water partition coefficient (Wildman–Crippen LogP) is 5.07. The SMILES string of the molecule is CC(F)Cc1nc(-c2cc(F)cc(F)c2)nn1Cc1cc(Br)ccc1F. The fourth-order valence-corrected chi connectivity index (χ4v) is 2.94. The molecule has 0 aliphatic heterocycles. The van der Waals surface area contributed by atoms with Crippen molar-refractivity contribution < 1.29 is 17.6 Å². The molecule has 1 atom stereocenters. The van der Waals surface area contributed by atoms with Crippen LogP contribution in [-0.4, -0.2) is 20.9 Å². The molecule has 0 radical (unpaired) electrons. The zero-order valence-corrected chi connectivity index (χ0v) is 15.3. The van der Waals surface area contributed by atoms with E-state index in [1.807, 2.05) is 0 Å². The largest absolute Gasteiger partial charge is 0.247 e. The van der Waals surface area contributed by atoms with Gasteiger partial charge in [-0.3, -0.25) is 0 Å². The number of rotatable bonds is 5. The van der Waals surface area contributed by atoms with Gasteiger partial charge in [0.05, 0.1) is 6.54 Å². The van der Waals surface area contributed by atoms with Gasteiger partial charge >= 0.3 is 0 Å². The monoisotopic (exact) mass is 427 g/mol. The molecule has 0 N–H and O–H groups in total. The number of nitrogens with zero attached hydrogens (tertiary/aromatic N) is 3. The highest BCUT2D eigenvalue weighted by atomic mass is 79.9. The van der Waals surface area contributed by atoms with E-state index < -0.39 is 23.6 Å². The Hall–Kier alpha value is -2.22. The van der Waals surface area contributed by atoms with Crippen molar-refractivity contribution in [3.63, 3.8) is 0 Å². The second-order valence-corrected chi connectivity index (χ2v) is 6.80. The molecule has 0 saturated carbocycles. The van der Waals surface area contributed by atoms with Crippen molar-refractivity contribution in [3.05, 3.63) is 69.7 Å². The van der Waals surface area contributed by atoms with E-state index in [2.05, 4.69) is 26.0 Å². The fraction of sp³-hybridized carbons (Fsp3) is 0.222. The Labute approximate surface area is 155 Å². The Balaban J connectivity index is 2.03. The summed E-state index contributed by atoms with van der Waals surface area (Å²) in [5, 5.41) is 4.21. The first kappa shape index (κ1) is 18.6. The van der Waals surface area contributed by atoms with E-state index in [1.165, 1.54) is 17.7 Å². The van der Waals surface area contributed by atoms with E-state index in [4.69, 9.17) is 0 Å². The molecule has 1 unspecified atom stereocenters. The van der Waals surface area contributed by atoms with Crippen molar-refractivity contribution in [2.75, 3.05) is 0 Å². The molecule has 1 heterocycles. The molecule has 0 aliphatic rings. The zero-order chi connectivity index (χ0) is 18.8. The van der Waals surface area contributed by atoms with Crippen LogP contribution in [0.1, 0.15) is 18.3 Å². The second-order valence-electron chi connectivity index (χ2n) is 5.89. The summed E-state index contributed by atoms with van der Waals surface area (Å²) in [6.07, 6.45) is -1.26. The van der Waals surface area contributed by atoms with Gasteiger partial charge in [-0.15, -0.1) is 0 Å². The normalized spacial score (nSPS) is 12.4. The van der Waals surface area contributed by atoms with Crippen LogP contribution >= 0.6 is 15.9 Å². The summed E-state index contributed by atoms with van der Waals surface area (Å²) >= 11 is 3.27. The third-order valence-electron chi connectivity index (χ3n) is 3.66. The second kappa shape index (κ2) is 7.57. The molecule has 0 saturated heterocycles. The summed E-state index contributed by atoms with van der Waals surface area (Å²) < 4.78 is 56.5. The molecule has 2 aromatic carbocycles. The molecule has 0 amide bonds. The molecule has 3 nitrogen and oxygen atoms in total. The maximum absolute atomic E-state index is 14.0. The lowest BCUT2D eigenvalue weighted by Crippen LogP contribution is -2.11. The first-order chi connectivity index (χ1) is 12.3. The third-order valence-corrected chi connectivity index (χ3v) is 4.15. The number of aromatic nitrogens is 3.